The number of hydrogen-bond donors (Lipinski definition) is 2. The summed E-state index contributed by atoms with van der Waals surface area (Å²) in [4.78, 5) is 0. The molecular formula is C20H15F3N2O. The highest BCUT2D eigenvalue weighted by Gasteiger charge is 2.54. The molecule has 1 unspecified atom stereocenters. The molecule has 4 rings (SSSR count). The SMILES string of the molecule is NC1=C2C=CC(c3ccccc3)(C(F)(F)F)C=C2c2ccc(N)cc2O1. The van der Waals surface area contributed by atoms with Crippen LogP contribution in [0.25, 0.3) is 5.57 Å². The van der Waals surface area contributed by atoms with Gasteiger partial charge in [0.05, 0.1) is 0 Å². The molecule has 3 nitrogen and oxygen atoms in total. The minimum atomic E-state index is -4.52. The van der Waals surface area contributed by atoms with Gasteiger partial charge in [-0.3, -0.25) is 0 Å². The van der Waals surface area contributed by atoms with Crippen molar-refractivity contribution in [3.8, 4) is 5.75 Å². The summed E-state index contributed by atoms with van der Waals surface area (Å²) < 4.78 is 48.1. The van der Waals surface area contributed by atoms with Crippen molar-refractivity contribution < 1.29 is 17.9 Å². The summed E-state index contributed by atoms with van der Waals surface area (Å²) >= 11 is 0. The van der Waals surface area contributed by atoms with Crippen LogP contribution in [0.3, 0.4) is 0 Å². The van der Waals surface area contributed by atoms with Crippen LogP contribution in [-0.2, 0) is 5.41 Å². The van der Waals surface area contributed by atoms with E-state index in [-0.39, 0.29) is 11.4 Å². The summed E-state index contributed by atoms with van der Waals surface area (Å²) in [5.74, 6) is 0.395. The number of fused-ring (bicyclic) bond motifs is 3. The Kier molecular flexibility index (Phi) is 3.41. The zero-order chi connectivity index (χ0) is 18.5. The summed E-state index contributed by atoms with van der Waals surface area (Å²) in [5.41, 5.74) is 11.4. The van der Waals surface area contributed by atoms with E-state index in [9.17, 15) is 13.2 Å². The van der Waals surface area contributed by atoms with Crippen molar-refractivity contribution in [3.05, 3.63) is 89.3 Å². The van der Waals surface area contributed by atoms with Gasteiger partial charge >= 0.3 is 6.18 Å². The fraction of sp³-hybridized carbons (Fsp3) is 0.100. The Labute approximate surface area is 148 Å². The van der Waals surface area contributed by atoms with Crippen molar-refractivity contribution in [1.82, 2.24) is 0 Å². The minimum absolute atomic E-state index is 0.0504. The standard InChI is InChI=1S/C20H15F3N2O/c21-20(22,23)19(12-4-2-1-3-5-12)9-8-15-16(11-19)14-7-6-13(24)10-17(14)26-18(15)25/h1-11H,24-25H2. The normalized spacial score (nSPS) is 21.6. The zero-order valence-corrected chi connectivity index (χ0v) is 13.5. The molecule has 132 valence electrons. The number of anilines is 1. The Hall–Kier alpha value is -3.15. The maximum Gasteiger partial charge on any atom is 0.405 e. The van der Waals surface area contributed by atoms with E-state index in [0.29, 0.717) is 28.1 Å². The number of benzene rings is 2. The molecule has 2 aromatic rings. The third-order valence-corrected chi connectivity index (χ3v) is 4.68. The van der Waals surface area contributed by atoms with Crippen LogP contribution in [0.5, 0.6) is 5.75 Å². The van der Waals surface area contributed by atoms with Crippen LogP contribution in [0.15, 0.2) is 78.2 Å². The van der Waals surface area contributed by atoms with Gasteiger partial charge in [-0.15, -0.1) is 0 Å². The number of hydrogen-bond acceptors (Lipinski definition) is 3. The fourth-order valence-corrected chi connectivity index (χ4v) is 3.35. The molecule has 0 fully saturated rings. The van der Waals surface area contributed by atoms with Crippen LogP contribution in [0.2, 0.25) is 0 Å². The van der Waals surface area contributed by atoms with E-state index in [4.69, 9.17) is 16.2 Å². The van der Waals surface area contributed by atoms with Crippen LogP contribution in [0.1, 0.15) is 11.1 Å². The van der Waals surface area contributed by atoms with Crippen molar-refractivity contribution in [2.75, 3.05) is 5.73 Å². The molecule has 0 aromatic heterocycles. The molecule has 2 aromatic carbocycles. The highest BCUT2D eigenvalue weighted by atomic mass is 19.4. The lowest BCUT2D eigenvalue weighted by molar-refractivity contribution is -0.162. The van der Waals surface area contributed by atoms with Gasteiger partial charge in [-0.2, -0.15) is 13.2 Å². The first-order chi connectivity index (χ1) is 12.3. The molecule has 0 saturated carbocycles. The number of halogens is 3. The van der Waals surface area contributed by atoms with E-state index < -0.39 is 11.6 Å². The van der Waals surface area contributed by atoms with Gasteiger partial charge < -0.3 is 16.2 Å². The van der Waals surface area contributed by atoms with Crippen molar-refractivity contribution >= 4 is 11.3 Å². The number of alkyl halides is 3. The number of allylic oxidation sites excluding steroid dienone is 5. The number of rotatable bonds is 1. The first kappa shape index (κ1) is 16.3. The summed E-state index contributed by atoms with van der Waals surface area (Å²) in [6, 6.07) is 12.6. The third kappa shape index (κ3) is 2.29. The van der Waals surface area contributed by atoms with Crippen molar-refractivity contribution in [1.29, 1.82) is 0 Å². The molecule has 0 radical (unpaired) electrons. The van der Waals surface area contributed by atoms with Gasteiger partial charge in [-0.1, -0.05) is 48.6 Å². The molecule has 4 N–H and O–H groups in total. The predicted molar refractivity (Wildman–Crippen MR) is 94.0 cm³/mol. The molecule has 0 amide bonds. The van der Waals surface area contributed by atoms with Gasteiger partial charge in [-0.05, 0) is 23.3 Å². The molecule has 1 aliphatic carbocycles. The second-order valence-corrected chi connectivity index (χ2v) is 6.26. The van der Waals surface area contributed by atoms with Gasteiger partial charge in [-0.25, -0.2) is 0 Å². The number of ether oxygens (including phenoxy) is 1. The van der Waals surface area contributed by atoms with E-state index in [0.717, 1.165) is 6.08 Å². The maximum absolute atomic E-state index is 14.2. The third-order valence-electron chi connectivity index (χ3n) is 4.68. The van der Waals surface area contributed by atoms with E-state index in [1.54, 1.807) is 36.4 Å². The van der Waals surface area contributed by atoms with E-state index in [1.165, 1.54) is 24.3 Å². The molecule has 1 aliphatic heterocycles. The molecule has 0 bridgehead atoms. The van der Waals surface area contributed by atoms with E-state index in [2.05, 4.69) is 0 Å². The lowest BCUT2D eigenvalue weighted by Gasteiger charge is -2.36. The Balaban J connectivity index is 2.00. The molecular weight excluding hydrogens is 341 g/mol. The molecule has 2 aliphatic rings. The first-order valence-electron chi connectivity index (χ1n) is 7.94. The lowest BCUT2D eigenvalue weighted by Crippen LogP contribution is -2.40. The summed E-state index contributed by atoms with van der Waals surface area (Å²) in [6.07, 6.45) is -0.809. The second kappa shape index (κ2) is 5.42. The van der Waals surface area contributed by atoms with Gasteiger partial charge in [0.25, 0.3) is 0 Å². The van der Waals surface area contributed by atoms with E-state index in [1.807, 2.05) is 0 Å². The summed E-state index contributed by atoms with van der Waals surface area (Å²) in [7, 11) is 0. The van der Waals surface area contributed by atoms with Crippen LogP contribution < -0.4 is 16.2 Å². The maximum atomic E-state index is 14.2. The summed E-state index contributed by atoms with van der Waals surface area (Å²) in [5, 5.41) is 0. The van der Waals surface area contributed by atoms with Crippen molar-refractivity contribution in [2.45, 2.75) is 11.6 Å². The first-order valence-corrected chi connectivity index (χ1v) is 7.94. The predicted octanol–water partition coefficient (Wildman–Crippen LogP) is 4.29. The highest BCUT2D eigenvalue weighted by molar-refractivity contribution is 5.90. The average Bonchev–Trinajstić information content (AvgIpc) is 2.61. The van der Waals surface area contributed by atoms with Gasteiger partial charge in [0, 0.05) is 22.9 Å². The van der Waals surface area contributed by atoms with E-state index >= 15 is 0 Å². The Morgan fingerprint density at radius 3 is 2.38 bits per heavy atom. The van der Waals surface area contributed by atoms with Crippen LogP contribution in [0, 0.1) is 0 Å². The minimum Gasteiger partial charge on any atom is -0.440 e. The van der Waals surface area contributed by atoms with Gasteiger partial charge in [0.1, 0.15) is 11.2 Å². The average molecular weight is 356 g/mol. The van der Waals surface area contributed by atoms with Crippen molar-refractivity contribution in [2.24, 2.45) is 5.73 Å². The highest BCUT2D eigenvalue weighted by Crippen LogP contribution is 2.51. The molecule has 0 saturated heterocycles. The van der Waals surface area contributed by atoms with Crippen LogP contribution >= 0.6 is 0 Å². The molecule has 1 atom stereocenters. The second-order valence-electron chi connectivity index (χ2n) is 6.26. The fourth-order valence-electron chi connectivity index (χ4n) is 3.35. The topological polar surface area (TPSA) is 61.3 Å². The molecule has 0 spiro atoms. The molecule has 26 heavy (non-hydrogen) atoms. The Bertz CT molecular complexity index is 974. The smallest absolute Gasteiger partial charge is 0.405 e. The number of nitrogen functional groups attached to an aromatic ring is 1. The molecule has 1 heterocycles. The zero-order valence-electron chi connectivity index (χ0n) is 13.5. The van der Waals surface area contributed by atoms with Crippen molar-refractivity contribution in [3.63, 3.8) is 0 Å². The number of nitrogens with two attached hydrogens (primary N) is 2. The van der Waals surface area contributed by atoms with Crippen LogP contribution in [-0.4, -0.2) is 6.18 Å². The Morgan fingerprint density at radius 2 is 1.69 bits per heavy atom. The lowest BCUT2D eigenvalue weighted by atomic mass is 9.72. The monoisotopic (exact) mass is 356 g/mol. The summed E-state index contributed by atoms with van der Waals surface area (Å²) in [6.45, 7) is 0. The van der Waals surface area contributed by atoms with Gasteiger partial charge in [0.2, 0.25) is 0 Å². The van der Waals surface area contributed by atoms with Crippen LogP contribution in [0.4, 0.5) is 18.9 Å². The largest absolute Gasteiger partial charge is 0.440 e. The van der Waals surface area contributed by atoms with Gasteiger partial charge in [0.15, 0.2) is 5.88 Å². The Morgan fingerprint density at radius 1 is 0.962 bits per heavy atom. The molecule has 6 heteroatoms. The quantitative estimate of drug-likeness (QED) is 0.750.